The molecule has 0 fully saturated rings. The van der Waals surface area contributed by atoms with Gasteiger partial charge in [-0.2, -0.15) is 13.2 Å². The molecule has 2 aromatic rings. The highest BCUT2D eigenvalue weighted by atomic mass is 35.5. The van der Waals surface area contributed by atoms with Crippen molar-refractivity contribution in [2.75, 3.05) is 10.6 Å². The largest absolute Gasteiger partial charge is 0.426 e. The number of nitrogens with two attached hydrogens (primary N) is 1. The SMILES string of the molecule is CC(O)(C(=O)Nc1ccc(Sc2ccc(NC(N)=O)cc2)cc1Cl)C(F)(F)F. The van der Waals surface area contributed by atoms with Gasteiger partial charge >= 0.3 is 12.2 Å². The van der Waals surface area contributed by atoms with Crippen LogP contribution in [0, 0.1) is 0 Å². The number of amides is 3. The molecule has 150 valence electrons. The quantitative estimate of drug-likeness (QED) is 0.566. The van der Waals surface area contributed by atoms with Crippen LogP contribution in [0.3, 0.4) is 0 Å². The van der Waals surface area contributed by atoms with Crippen LogP contribution in [0.25, 0.3) is 0 Å². The van der Waals surface area contributed by atoms with Gasteiger partial charge in [0.1, 0.15) is 0 Å². The molecule has 0 aromatic heterocycles. The predicted molar refractivity (Wildman–Crippen MR) is 101 cm³/mol. The van der Waals surface area contributed by atoms with E-state index in [4.69, 9.17) is 17.3 Å². The highest BCUT2D eigenvalue weighted by molar-refractivity contribution is 7.99. The molecule has 3 amide bonds. The standard InChI is InChI=1S/C17H15ClF3N3O3S/c1-16(27,17(19,20)21)14(25)24-13-7-6-11(8-12(13)18)28-10-4-2-9(3-5-10)23-15(22)26/h2-8,27H,1H3,(H,24,25)(H3,22,23,26). The van der Waals surface area contributed by atoms with Crippen LogP contribution in [0.1, 0.15) is 6.92 Å². The molecule has 0 aliphatic heterocycles. The van der Waals surface area contributed by atoms with Crippen LogP contribution in [0.2, 0.25) is 5.02 Å². The first kappa shape index (κ1) is 21.9. The second-order valence-corrected chi connectivity index (χ2v) is 7.34. The smallest absolute Gasteiger partial charge is 0.373 e. The summed E-state index contributed by atoms with van der Waals surface area (Å²) >= 11 is 7.33. The van der Waals surface area contributed by atoms with Crippen LogP contribution in [0.4, 0.5) is 29.3 Å². The molecule has 0 saturated heterocycles. The Balaban J connectivity index is 2.10. The lowest BCUT2D eigenvalue weighted by atomic mass is 10.1. The van der Waals surface area contributed by atoms with E-state index in [9.17, 15) is 27.9 Å². The molecule has 2 aromatic carbocycles. The van der Waals surface area contributed by atoms with Gasteiger partial charge in [0, 0.05) is 15.5 Å². The van der Waals surface area contributed by atoms with E-state index in [1.807, 2.05) is 5.32 Å². The molecule has 0 aliphatic carbocycles. The van der Waals surface area contributed by atoms with Gasteiger partial charge in [-0.15, -0.1) is 0 Å². The highest BCUT2D eigenvalue weighted by Crippen LogP contribution is 2.35. The maximum Gasteiger partial charge on any atom is 0.426 e. The topological polar surface area (TPSA) is 104 Å². The van der Waals surface area contributed by atoms with Crippen molar-refractivity contribution >= 4 is 46.7 Å². The summed E-state index contributed by atoms with van der Waals surface area (Å²) in [5.74, 6) is -1.64. The Hall–Kier alpha value is -2.43. The van der Waals surface area contributed by atoms with Gasteiger partial charge in [0.25, 0.3) is 5.91 Å². The molecule has 5 N–H and O–H groups in total. The van der Waals surface area contributed by atoms with Crippen molar-refractivity contribution in [2.24, 2.45) is 5.73 Å². The summed E-state index contributed by atoms with van der Waals surface area (Å²) in [6, 6.07) is 10.4. The minimum atomic E-state index is -5.13. The zero-order valence-electron chi connectivity index (χ0n) is 14.3. The fourth-order valence-electron chi connectivity index (χ4n) is 1.92. The summed E-state index contributed by atoms with van der Waals surface area (Å²) in [7, 11) is 0. The van der Waals surface area contributed by atoms with E-state index < -0.39 is 23.7 Å². The molecule has 28 heavy (non-hydrogen) atoms. The molecule has 0 heterocycles. The first-order chi connectivity index (χ1) is 12.9. The van der Waals surface area contributed by atoms with Gasteiger partial charge in [-0.1, -0.05) is 23.4 Å². The molecule has 0 radical (unpaired) electrons. The third-order valence-corrected chi connectivity index (χ3v) is 4.85. The van der Waals surface area contributed by atoms with Gasteiger partial charge in [-0.3, -0.25) is 4.79 Å². The zero-order chi connectivity index (χ0) is 21.1. The van der Waals surface area contributed by atoms with Gasteiger partial charge < -0.3 is 21.5 Å². The van der Waals surface area contributed by atoms with E-state index >= 15 is 0 Å². The normalized spacial score (nSPS) is 13.5. The molecular formula is C17H15ClF3N3O3S. The third kappa shape index (κ3) is 5.31. The van der Waals surface area contributed by atoms with Crippen molar-refractivity contribution < 1.29 is 27.9 Å². The van der Waals surface area contributed by atoms with Crippen LogP contribution >= 0.6 is 23.4 Å². The Bertz CT molecular complexity index is 889. The van der Waals surface area contributed by atoms with Gasteiger partial charge in [0.05, 0.1) is 10.7 Å². The number of primary amides is 1. The summed E-state index contributed by atoms with van der Waals surface area (Å²) in [6.07, 6.45) is -5.13. The molecule has 0 saturated carbocycles. The Morgan fingerprint density at radius 1 is 1.07 bits per heavy atom. The van der Waals surface area contributed by atoms with Gasteiger partial charge in [0.15, 0.2) is 0 Å². The molecule has 1 unspecified atom stereocenters. The Kier molecular flexibility index (Phi) is 6.48. The van der Waals surface area contributed by atoms with E-state index in [2.05, 4.69) is 5.32 Å². The van der Waals surface area contributed by atoms with E-state index in [0.29, 0.717) is 17.5 Å². The van der Waals surface area contributed by atoms with Gasteiger partial charge in [0.2, 0.25) is 5.60 Å². The third-order valence-electron chi connectivity index (χ3n) is 3.54. The molecular weight excluding hydrogens is 419 g/mol. The molecule has 1 atom stereocenters. The van der Waals surface area contributed by atoms with Crippen LogP contribution < -0.4 is 16.4 Å². The number of anilines is 2. The van der Waals surface area contributed by atoms with E-state index in [1.54, 1.807) is 30.3 Å². The van der Waals surface area contributed by atoms with Crippen LogP contribution in [-0.4, -0.2) is 28.8 Å². The Labute approximate surface area is 167 Å². The number of carbonyl (C=O) groups excluding carboxylic acids is 2. The molecule has 11 heteroatoms. The van der Waals surface area contributed by atoms with E-state index in [-0.39, 0.29) is 10.7 Å². The van der Waals surface area contributed by atoms with Crippen LogP contribution in [0.5, 0.6) is 0 Å². The minimum Gasteiger partial charge on any atom is -0.373 e. The molecule has 0 bridgehead atoms. The number of alkyl halides is 3. The molecule has 0 spiro atoms. The summed E-state index contributed by atoms with van der Waals surface area (Å²) in [5.41, 5.74) is 1.92. The van der Waals surface area contributed by atoms with Crippen molar-refractivity contribution in [3.63, 3.8) is 0 Å². The fourth-order valence-corrected chi connectivity index (χ4v) is 3.07. The number of halogens is 4. The number of hydrogen-bond acceptors (Lipinski definition) is 4. The number of nitrogens with one attached hydrogen (secondary N) is 2. The Morgan fingerprint density at radius 3 is 2.14 bits per heavy atom. The number of benzene rings is 2. The monoisotopic (exact) mass is 433 g/mol. The van der Waals surface area contributed by atoms with E-state index in [1.165, 1.54) is 23.9 Å². The van der Waals surface area contributed by atoms with Crippen LogP contribution in [-0.2, 0) is 4.79 Å². The summed E-state index contributed by atoms with van der Waals surface area (Å²) in [6.45, 7) is 0.358. The summed E-state index contributed by atoms with van der Waals surface area (Å²) in [4.78, 5) is 24.0. The van der Waals surface area contributed by atoms with Crippen molar-refractivity contribution in [3.8, 4) is 0 Å². The molecule has 0 aliphatic rings. The number of aliphatic hydroxyl groups is 1. The van der Waals surface area contributed by atoms with Crippen molar-refractivity contribution in [2.45, 2.75) is 28.5 Å². The predicted octanol–water partition coefficient (Wildman–Crippen LogP) is 4.23. The second kappa shape index (κ2) is 8.29. The number of urea groups is 1. The number of hydrogen-bond donors (Lipinski definition) is 4. The van der Waals surface area contributed by atoms with Crippen molar-refractivity contribution in [1.82, 2.24) is 0 Å². The summed E-state index contributed by atoms with van der Waals surface area (Å²) < 4.78 is 38.1. The Morgan fingerprint density at radius 2 is 1.64 bits per heavy atom. The number of rotatable bonds is 5. The first-order valence-corrected chi connectivity index (χ1v) is 8.84. The lowest BCUT2D eigenvalue weighted by Gasteiger charge is -2.25. The average molecular weight is 434 g/mol. The van der Waals surface area contributed by atoms with E-state index in [0.717, 1.165) is 4.90 Å². The maximum absolute atomic E-state index is 12.7. The van der Waals surface area contributed by atoms with Crippen molar-refractivity contribution in [3.05, 3.63) is 47.5 Å². The molecule has 6 nitrogen and oxygen atoms in total. The average Bonchev–Trinajstić information content (AvgIpc) is 2.57. The van der Waals surface area contributed by atoms with Crippen LogP contribution in [0.15, 0.2) is 52.3 Å². The number of carbonyl (C=O) groups is 2. The van der Waals surface area contributed by atoms with Crippen molar-refractivity contribution in [1.29, 1.82) is 0 Å². The minimum absolute atomic E-state index is 0.00309. The maximum atomic E-state index is 12.7. The van der Waals surface area contributed by atoms with Gasteiger partial charge in [-0.05, 0) is 49.4 Å². The lowest BCUT2D eigenvalue weighted by Crippen LogP contribution is -2.52. The highest BCUT2D eigenvalue weighted by Gasteiger charge is 2.55. The summed E-state index contributed by atoms with van der Waals surface area (Å²) in [5, 5.41) is 13.8. The fraction of sp³-hybridized carbons (Fsp3) is 0.176. The van der Waals surface area contributed by atoms with Gasteiger partial charge in [-0.25, -0.2) is 4.79 Å². The second-order valence-electron chi connectivity index (χ2n) is 5.78. The molecule has 2 rings (SSSR count). The lowest BCUT2D eigenvalue weighted by molar-refractivity contribution is -0.242. The first-order valence-electron chi connectivity index (χ1n) is 7.64. The zero-order valence-corrected chi connectivity index (χ0v) is 15.9.